The average Bonchev–Trinajstić information content (AvgIpc) is 3.18. The molecular weight excluding hydrogens is 686 g/mol. The Morgan fingerprint density at radius 2 is 1.15 bits per heavy atom. The molecule has 0 radical (unpaired) electrons. The largest absolute Gasteiger partial charge is 0.394 e. The summed E-state index contributed by atoms with van der Waals surface area (Å²) in [7, 11) is 0. The highest BCUT2D eigenvalue weighted by atomic mass is 16.7. The van der Waals surface area contributed by atoms with Gasteiger partial charge in [-0.25, -0.2) is 0 Å². The van der Waals surface area contributed by atoms with Gasteiger partial charge in [0.2, 0.25) is 5.91 Å². The number of hydrogen-bond donors (Lipinski definition) is 7. The molecule has 1 aromatic carbocycles. The summed E-state index contributed by atoms with van der Waals surface area (Å²) >= 11 is 0. The normalized spacial score (nSPS) is 21.9. The summed E-state index contributed by atoms with van der Waals surface area (Å²) in [6.45, 7) is 1.34. The average molecular weight is 766 g/mol. The lowest BCUT2D eigenvalue weighted by Crippen LogP contribution is -2.60. The van der Waals surface area contributed by atoms with Gasteiger partial charge in [-0.3, -0.25) is 4.79 Å². The zero-order chi connectivity index (χ0) is 39.2. The molecule has 1 amide bonds. The van der Waals surface area contributed by atoms with Crippen molar-refractivity contribution in [3.05, 3.63) is 35.9 Å². The Hall–Kier alpha value is -1.63. The molecule has 1 saturated heterocycles. The molecule has 0 aliphatic carbocycles. The number of aliphatic hydroxyl groups is 6. The van der Waals surface area contributed by atoms with Crippen LogP contribution >= 0.6 is 0 Å². The maximum atomic E-state index is 12.9. The second-order valence-corrected chi connectivity index (χ2v) is 15.8. The van der Waals surface area contributed by atoms with Gasteiger partial charge in [0.25, 0.3) is 0 Å². The van der Waals surface area contributed by atoms with E-state index in [-0.39, 0.29) is 25.4 Å². The Labute approximate surface area is 327 Å². The molecule has 10 heteroatoms. The number of rotatable bonds is 34. The number of carbonyl (C=O) groups is 1. The molecule has 8 atom stereocenters. The van der Waals surface area contributed by atoms with E-state index in [1.54, 1.807) is 0 Å². The zero-order valence-electron chi connectivity index (χ0n) is 33.7. The lowest BCUT2D eigenvalue weighted by molar-refractivity contribution is -0.303. The van der Waals surface area contributed by atoms with E-state index in [1.807, 2.05) is 30.3 Å². The first-order valence-electron chi connectivity index (χ1n) is 21.9. The van der Waals surface area contributed by atoms with Gasteiger partial charge in [0, 0.05) is 6.42 Å². The fraction of sp³-hybridized carbons (Fsp3) is 0.841. The van der Waals surface area contributed by atoms with Crippen molar-refractivity contribution in [2.75, 3.05) is 13.2 Å². The molecule has 1 aromatic rings. The molecule has 5 unspecified atom stereocenters. The number of unbranched alkanes of at least 4 members (excludes halogenated alkanes) is 22. The van der Waals surface area contributed by atoms with Crippen molar-refractivity contribution in [1.82, 2.24) is 5.32 Å². The zero-order valence-corrected chi connectivity index (χ0v) is 33.7. The van der Waals surface area contributed by atoms with Crippen LogP contribution in [0.25, 0.3) is 0 Å². The Morgan fingerprint density at radius 1 is 0.685 bits per heavy atom. The standard InChI is InChI=1S/C44H79NO9/c1-2-3-4-5-6-7-8-9-10-11-12-13-14-15-16-17-18-19-20-21-22-23-27-30-39(48)45-36(40(49)37(47)32-31-35-28-25-24-26-29-35)34-53-44-43(52)42(51)41(50)38(33-46)54-44/h24-26,28-29,36-38,40-44,46-47,49-52H,2-23,27,30-34H2,1H3,(H,45,48)/t36-,37+,38?,40-,41?,42?,43?,44?/m0/s1. The summed E-state index contributed by atoms with van der Waals surface area (Å²) in [5, 5.41) is 64.8. The molecule has 314 valence electrons. The minimum absolute atomic E-state index is 0.247. The molecule has 0 bridgehead atoms. The van der Waals surface area contributed by atoms with Crippen LogP contribution in [0.3, 0.4) is 0 Å². The molecular formula is C44H79NO9. The third-order valence-corrected chi connectivity index (χ3v) is 11.0. The van der Waals surface area contributed by atoms with E-state index in [0.29, 0.717) is 12.8 Å². The molecule has 10 nitrogen and oxygen atoms in total. The van der Waals surface area contributed by atoms with Crippen LogP contribution in [0.1, 0.15) is 173 Å². The summed E-state index contributed by atoms with van der Waals surface area (Å²) in [6.07, 6.45) is 21.1. The Morgan fingerprint density at radius 3 is 1.61 bits per heavy atom. The fourth-order valence-corrected chi connectivity index (χ4v) is 7.38. The highest BCUT2D eigenvalue weighted by Gasteiger charge is 2.44. The van der Waals surface area contributed by atoms with Gasteiger partial charge in [-0.15, -0.1) is 0 Å². The molecule has 7 N–H and O–H groups in total. The van der Waals surface area contributed by atoms with Crippen LogP contribution in [0.4, 0.5) is 0 Å². The predicted molar refractivity (Wildman–Crippen MR) is 215 cm³/mol. The number of aryl methyl sites for hydroxylation is 1. The van der Waals surface area contributed by atoms with Crippen molar-refractivity contribution in [1.29, 1.82) is 0 Å². The van der Waals surface area contributed by atoms with E-state index in [2.05, 4.69) is 12.2 Å². The van der Waals surface area contributed by atoms with Gasteiger partial charge in [-0.05, 0) is 24.8 Å². The van der Waals surface area contributed by atoms with Crippen molar-refractivity contribution in [3.63, 3.8) is 0 Å². The van der Waals surface area contributed by atoms with Gasteiger partial charge < -0.3 is 45.4 Å². The van der Waals surface area contributed by atoms with Crippen LogP contribution in [0.2, 0.25) is 0 Å². The lowest BCUT2D eigenvalue weighted by atomic mass is 9.98. The molecule has 2 rings (SSSR count). The van der Waals surface area contributed by atoms with Crippen LogP contribution in [0.15, 0.2) is 30.3 Å². The van der Waals surface area contributed by atoms with E-state index in [0.717, 1.165) is 24.8 Å². The van der Waals surface area contributed by atoms with Crippen LogP contribution in [-0.4, -0.2) is 98.7 Å². The number of aliphatic hydroxyl groups excluding tert-OH is 6. The Kier molecular flexibility index (Phi) is 28.3. The van der Waals surface area contributed by atoms with Gasteiger partial charge in [0.05, 0.1) is 25.4 Å². The summed E-state index contributed by atoms with van der Waals surface area (Å²) < 4.78 is 11.1. The molecule has 54 heavy (non-hydrogen) atoms. The van der Waals surface area contributed by atoms with Crippen LogP contribution in [0.5, 0.6) is 0 Å². The summed E-state index contributed by atoms with van der Waals surface area (Å²) in [5.41, 5.74) is 1.00. The number of hydrogen-bond acceptors (Lipinski definition) is 9. The molecule has 0 spiro atoms. The topological polar surface area (TPSA) is 169 Å². The summed E-state index contributed by atoms with van der Waals surface area (Å²) in [6, 6.07) is 8.54. The van der Waals surface area contributed by atoms with Crippen molar-refractivity contribution in [2.45, 2.75) is 223 Å². The van der Waals surface area contributed by atoms with Gasteiger partial charge >= 0.3 is 0 Å². The van der Waals surface area contributed by atoms with Crippen LogP contribution < -0.4 is 5.32 Å². The molecule has 1 aliphatic heterocycles. The summed E-state index contributed by atoms with van der Waals surface area (Å²) in [5.74, 6) is -0.282. The second-order valence-electron chi connectivity index (χ2n) is 15.8. The SMILES string of the molecule is CCCCCCCCCCCCCCCCCCCCCCCCCC(=O)N[C@@H](COC1OC(CO)C(O)C(O)C1O)[C@H](O)[C@H](O)CCc1ccccc1. The van der Waals surface area contributed by atoms with E-state index in [4.69, 9.17) is 9.47 Å². The smallest absolute Gasteiger partial charge is 0.220 e. The fourth-order valence-electron chi connectivity index (χ4n) is 7.38. The molecule has 1 heterocycles. The third-order valence-electron chi connectivity index (χ3n) is 11.0. The molecule has 1 fully saturated rings. The van der Waals surface area contributed by atoms with Gasteiger partial charge in [-0.2, -0.15) is 0 Å². The van der Waals surface area contributed by atoms with E-state index >= 15 is 0 Å². The molecule has 1 aliphatic rings. The first-order chi connectivity index (χ1) is 26.3. The van der Waals surface area contributed by atoms with E-state index in [1.165, 1.54) is 122 Å². The summed E-state index contributed by atoms with van der Waals surface area (Å²) in [4.78, 5) is 12.9. The van der Waals surface area contributed by atoms with Crippen LogP contribution in [-0.2, 0) is 20.7 Å². The Bertz CT molecular complexity index is 1020. The molecule has 0 saturated carbocycles. The maximum Gasteiger partial charge on any atom is 0.220 e. The quantitative estimate of drug-likeness (QED) is 0.0365. The van der Waals surface area contributed by atoms with Crippen molar-refractivity contribution < 1.29 is 44.9 Å². The Balaban J connectivity index is 1.56. The number of carbonyl (C=O) groups excluding carboxylic acids is 1. The van der Waals surface area contributed by atoms with Crippen LogP contribution in [0, 0.1) is 0 Å². The minimum Gasteiger partial charge on any atom is -0.394 e. The monoisotopic (exact) mass is 766 g/mol. The molecule has 0 aromatic heterocycles. The van der Waals surface area contributed by atoms with Crippen molar-refractivity contribution in [2.24, 2.45) is 0 Å². The number of ether oxygens (including phenoxy) is 2. The van der Waals surface area contributed by atoms with Gasteiger partial charge in [0.15, 0.2) is 6.29 Å². The first kappa shape index (κ1) is 48.5. The lowest BCUT2D eigenvalue weighted by Gasteiger charge is -2.40. The second kappa shape index (κ2) is 31.5. The minimum atomic E-state index is -1.62. The van der Waals surface area contributed by atoms with Crippen molar-refractivity contribution >= 4 is 5.91 Å². The highest BCUT2D eigenvalue weighted by molar-refractivity contribution is 5.76. The number of amides is 1. The highest BCUT2D eigenvalue weighted by Crippen LogP contribution is 2.23. The van der Waals surface area contributed by atoms with E-state index < -0.39 is 55.6 Å². The van der Waals surface area contributed by atoms with E-state index in [9.17, 15) is 35.4 Å². The van der Waals surface area contributed by atoms with Gasteiger partial charge in [0.1, 0.15) is 30.5 Å². The maximum absolute atomic E-state index is 12.9. The predicted octanol–water partition coefficient (Wildman–Crippen LogP) is 7.02. The van der Waals surface area contributed by atoms with Crippen molar-refractivity contribution in [3.8, 4) is 0 Å². The number of benzene rings is 1. The number of nitrogens with one attached hydrogen (secondary N) is 1. The first-order valence-corrected chi connectivity index (χ1v) is 21.9. The van der Waals surface area contributed by atoms with Gasteiger partial charge in [-0.1, -0.05) is 179 Å². The third kappa shape index (κ3) is 21.6.